The predicted molar refractivity (Wildman–Crippen MR) is 72.6 cm³/mol. The second-order valence-corrected chi connectivity index (χ2v) is 4.22. The highest BCUT2D eigenvalue weighted by atomic mass is 35.5. The van der Waals surface area contributed by atoms with Crippen LogP contribution in [0, 0.1) is 10.1 Å². The van der Waals surface area contributed by atoms with Crippen molar-refractivity contribution in [3.05, 3.63) is 57.2 Å². The van der Waals surface area contributed by atoms with Gasteiger partial charge < -0.3 is 10.4 Å². The number of carboxylic acid groups (broad SMARTS) is 1. The van der Waals surface area contributed by atoms with Gasteiger partial charge in [-0.15, -0.1) is 0 Å². The second-order valence-electron chi connectivity index (χ2n) is 3.78. The summed E-state index contributed by atoms with van der Waals surface area (Å²) in [5.74, 6) is -1.22. The van der Waals surface area contributed by atoms with E-state index in [2.05, 4.69) is 10.3 Å². The lowest BCUT2D eigenvalue weighted by Gasteiger charge is -2.06. The van der Waals surface area contributed by atoms with Crippen molar-refractivity contribution in [2.45, 2.75) is 0 Å². The molecule has 7 nitrogen and oxygen atoms in total. The quantitative estimate of drug-likeness (QED) is 0.663. The van der Waals surface area contributed by atoms with Crippen molar-refractivity contribution < 1.29 is 14.8 Å². The van der Waals surface area contributed by atoms with E-state index in [1.165, 1.54) is 0 Å². The van der Waals surface area contributed by atoms with E-state index in [4.69, 9.17) is 16.7 Å². The first kappa shape index (κ1) is 13.8. The number of nitro groups is 1. The van der Waals surface area contributed by atoms with Crippen LogP contribution in [0.5, 0.6) is 0 Å². The van der Waals surface area contributed by atoms with Crippen molar-refractivity contribution in [2.75, 3.05) is 5.32 Å². The monoisotopic (exact) mass is 293 g/mol. The first-order valence-corrected chi connectivity index (χ1v) is 5.75. The lowest BCUT2D eigenvalue weighted by molar-refractivity contribution is -0.385. The number of carboxylic acids is 1. The molecule has 8 heteroatoms. The zero-order valence-electron chi connectivity index (χ0n) is 9.91. The van der Waals surface area contributed by atoms with Gasteiger partial charge in [-0.2, -0.15) is 0 Å². The minimum atomic E-state index is -1.40. The average Bonchev–Trinajstić information content (AvgIpc) is 2.38. The molecule has 0 saturated heterocycles. The Balaban J connectivity index is 2.36. The van der Waals surface area contributed by atoms with Gasteiger partial charge in [0.2, 0.25) is 0 Å². The van der Waals surface area contributed by atoms with Gasteiger partial charge in [-0.05, 0) is 18.2 Å². The molecule has 0 amide bonds. The van der Waals surface area contributed by atoms with Crippen LogP contribution in [0.1, 0.15) is 10.4 Å². The van der Waals surface area contributed by atoms with Crippen LogP contribution >= 0.6 is 11.6 Å². The van der Waals surface area contributed by atoms with Crippen molar-refractivity contribution in [3.63, 3.8) is 0 Å². The fraction of sp³-hybridized carbons (Fsp3) is 0. The molecule has 102 valence electrons. The Hall–Kier alpha value is -2.67. The Bertz CT molecular complexity index is 690. The van der Waals surface area contributed by atoms with Gasteiger partial charge in [0.15, 0.2) is 0 Å². The summed E-state index contributed by atoms with van der Waals surface area (Å²) < 4.78 is 0. The lowest BCUT2D eigenvalue weighted by atomic mass is 10.2. The summed E-state index contributed by atoms with van der Waals surface area (Å²) in [6.07, 6.45) is 0.899. The number of halogens is 1. The van der Waals surface area contributed by atoms with Crippen molar-refractivity contribution in [1.82, 2.24) is 4.98 Å². The lowest BCUT2D eigenvalue weighted by Crippen LogP contribution is -2.05. The van der Waals surface area contributed by atoms with Crippen LogP contribution in [0.4, 0.5) is 17.2 Å². The first-order valence-electron chi connectivity index (χ1n) is 5.37. The highest BCUT2D eigenvalue weighted by Crippen LogP contribution is 2.23. The fourth-order valence-electron chi connectivity index (χ4n) is 1.55. The van der Waals surface area contributed by atoms with Crippen LogP contribution in [0.15, 0.2) is 36.5 Å². The molecule has 0 saturated carbocycles. The van der Waals surface area contributed by atoms with Crippen LogP contribution in [-0.4, -0.2) is 21.0 Å². The molecular weight excluding hydrogens is 286 g/mol. The van der Waals surface area contributed by atoms with Gasteiger partial charge in [0.05, 0.1) is 4.92 Å². The summed E-state index contributed by atoms with van der Waals surface area (Å²) in [7, 11) is 0. The minimum Gasteiger partial charge on any atom is -0.477 e. The third kappa shape index (κ3) is 3.01. The topological polar surface area (TPSA) is 105 Å². The SMILES string of the molecule is O=C(O)c1cc(Nc2cccc(Cl)c2)ncc1[N+](=O)[O-]. The number of nitrogens with one attached hydrogen (secondary N) is 1. The van der Waals surface area contributed by atoms with Crippen LogP contribution < -0.4 is 5.32 Å². The minimum absolute atomic E-state index is 0.176. The van der Waals surface area contributed by atoms with Gasteiger partial charge in [0.25, 0.3) is 0 Å². The predicted octanol–water partition coefficient (Wildman–Crippen LogP) is 3.09. The number of hydrogen-bond acceptors (Lipinski definition) is 5. The number of benzene rings is 1. The molecule has 0 atom stereocenters. The van der Waals surface area contributed by atoms with Gasteiger partial charge in [-0.25, -0.2) is 9.78 Å². The molecular formula is C12H8ClN3O4. The van der Waals surface area contributed by atoms with Crippen molar-refractivity contribution in [2.24, 2.45) is 0 Å². The Morgan fingerprint density at radius 3 is 2.75 bits per heavy atom. The Kier molecular flexibility index (Phi) is 3.81. The average molecular weight is 294 g/mol. The van der Waals surface area contributed by atoms with Gasteiger partial charge >= 0.3 is 11.7 Å². The number of anilines is 2. The highest BCUT2D eigenvalue weighted by molar-refractivity contribution is 6.30. The van der Waals surface area contributed by atoms with E-state index < -0.39 is 22.1 Å². The maximum atomic E-state index is 11.0. The maximum Gasteiger partial charge on any atom is 0.342 e. The van der Waals surface area contributed by atoms with Gasteiger partial charge in [-0.1, -0.05) is 17.7 Å². The van der Waals surface area contributed by atoms with E-state index in [1.54, 1.807) is 24.3 Å². The number of pyridine rings is 1. The molecule has 0 radical (unpaired) electrons. The van der Waals surface area contributed by atoms with E-state index in [-0.39, 0.29) is 5.82 Å². The zero-order chi connectivity index (χ0) is 14.7. The van der Waals surface area contributed by atoms with Crippen LogP contribution in [0.25, 0.3) is 0 Å². The molecule has 1 heterocycles. The fourth-order valence-corrected chi connectivity index (χ4v) is 1.74. The number of nitrogens with zero attached hydrogens (tertiary/aromatic N) is 2. The summed E-state index contributed by atoms with van der Waals surface area (Å²) >= 11 is 5.82. The summed E-state index contributed by atoms with van der Waals surface area (Å²) in [6.45, 7) is 0. The molecule has 0 spiro atoms. The highest BCUT2D eigenvalue weighted by Gasteiger charge is 2.21. The van der Waals surface area contributed by atoms with Crippen LogP contribution in [0.3, 0.4) is 0 Å². The summed E-state index contributed by atoms with van der Waals surface area (Å²) in [5.41, 5.74) is -0.404. The first-order chi connectivity index (χ1) is 9.47. The van der Waals surface area contributed by atoms with E-state index >= 15 is 0 Å². The molecule has 2 N–H and O–H groups in total. The van der Waals surface area contributed by atoms with E-state index in [9.17, 15) is 14.9 Å². The third-order valence-corrected chi connectivity index (χ3v) is 2.64. The largest absolute Gasteiger partial charge is 0.477 e. The van der Waals surface area contributed by atoms with E-state index in [0.29, 0.717) is 10.7 Å². The molecule has 20 heavy (non-hydrogen) atoms. The number of aromatic carboxylic acids is 1. The Morgan fingerprint density at radius 2 is 2.15 bits per heavy atom. The smallest absolute Gasteiger partial charge is 0.342 e. The Labute approximate surface area is 118 Å². The number of hydrogen-bond donors (Lipinski definition) is 2. The molecule has 0 aliphatic carbocycles. The maximum absolute atomic E-state index is 11.0. The standard InChI is InChI=1S/C12H8ClN3O4/c13-7-2-1-3-8(4-7)15-11-5-9(12(17)18)10(6-14-11)16(19)20/h1-6H,(H,14,15)(H,17,18). The van der Waals surface area contributed by atoms with E-state index in [1.807, 2.05) is 0 Å². The molecule has 0 aliphatic rings. The number of rotatable bonds is 4. The summed E-state index contributed by atoms with van der Waals surface area (Å²) in [6, 6.07) is 7.80. The normalized spacial score (nSPS) is 10.1. The number of aromatic nitrogens is 1. The Morgan fingerprint density at radius 1 is 1.40 bits per heavy atom. The van der Waals surface area contributed by atoms with Crippen LogP contribution in [-0.2, 0) is 0 Å². The van der Waals surface area contributed by atoms with Crippen molar-refractivity contribution >= 4 is 34.8 Å². The molecule has 2 aromatic rings. The van der Waals surface area contributed by atoms with Crippen LogP contribution in [0.2, 0.25) is 5.02 Å². The molecule has 0 fully saturated rings. The summed E-state index contributed by atoms with van der Waals surface area (Å²) in [4.78, 5) is 24.7. The molecule has 1 aromatic heterocycles. The number of carbonyl (C=O) groups is 1. The molecule has 2 rings (SSSR count). The van der Waals surface area contributed by atoms with Gasteiger partial charge in [0, 0.05) is 16.8 Å². The molecule has 0 unspecified atom stereocenters. The van der Waals surface area contributed by atoms with Crippen molar-refractivity contribution in [1.29, 1.82) is 0 Å². The molecule has 0 bridgehead atoms. The van der Waals surface area contributed by atoms with E-state index in [0.717, 1.165) is 12.3 Å². The van der Waals surface area contributed by atoms with Gasteiger partial charge in [0.1, 0.15) is 17.6 Å². The molecule has 1 aromatic carbocycles. The molecule has 0 aliphatic heterocycles. The van der Waals surface area contributed by atoms with Gasteiger partial charge in [-0.3, -0.25) is 10.1 Å². The third-order valence-electron chi connectivity index (χ3n) is 2.41. The zero-order valence-corrected chi connectivity index (χ0v) is 10.7. The second kappa shape index (κ2) is 5.54. The summed E-state index contributed by atoms with van der Waals surface area (Å²) in [5, 5.41) is 23.0. The van der Waals surface area contributed by atoms with Crippen molar-refractivity contribution in [3.8, 4) is 0 Å².